The number of carbonyl (C=O) groups excluding carboxylic acids is 2. The van der Waals surface area contributed by atoms with Crippen LogP contribution in [0.1, 0.15) is 28.3 Å². The number of ketones is 1. The van der Waals surface area contributed by atoms with Gasteiger partial charge >= 0.3 is 0 Å². The third kappa shape index (κ3) is 3.22. The van der Waals surface area contributed by atoms with Crippen LogP contribution in [0.15, 0.2) is 72.6 Å². The molecule has 4 rings (SSSR count). The van der Waals surface area contributed by atoms with Crippen LogP contribution in [0.3, 0.4) is 0 Å². The summed E-state index contributed by atoms with van der Waals surface area (Å²) in [5.74, 6) is -1.67. The Labute approximate surface area is 173 Å². The number of carbonyl (C=O) groups is 2. The number of benzene rings is 2. The number of hydrogen-bond acceptors (Lipinski definition) is 5. The van der Waals surface area contributed by atoms with Gasteiger partial charge in [-0.15, -0.1) is 0 Å². The monoisotopic (exact) mass is 400 g/mol. The number of aliphatic hydroxyl groups excluding tert-OH is 1. The number of Topliss-reactive ketones (excluding diaryl/α,β-unsaturated/α-hetero) is 1. The second kappa shape index (κ2) is 7.48. The van der Waals surface area contributed by atoms with Gasteiger partial charge in [0.05, 0.1) is 11.6 Å². The average molecular weight is 400 g/mol. The van der Waals surface area contributed by atoms with Crippen molar-refractivity contribution in [1.29, 1.82) is 0 Å². The molecule has 1 unspecified atom stereocenters. The first-order valence-electron chi connectivity index (χ1n) is 9.46. The van der Waals surface area contributed by atoms with Crippen molar-refractivity contribution in [1.82, 2.24) is 4.98 Å². The summed E-state index contributed by atoms with van der Waals surface area (Å²) in [4.78, 5) is 31.6. The second-order valence-corrected chi connectivity index (χ2v) is 7.29. The fourth-order valence-corrected chi connectivity index (χ4v) is 3.70. The Bertz CT molecular complexity index is 1170. The van der Waals surface area contributed by atoms with E-state index in [9.17, 15) is 19.8 Å². The number of phenolic OH excluding ortho intramolecular Hbond substituents is 1. The molecule has 2 heterocycles. The van der Waals surface area contributed by atoms with Crippen LogP contribution in [0, 0.1) is 13.8 Å². The van der Waals surface area contributed by atoms with Gasteiger partial charge in [0, 0.05) is 23.6 Å². The van der Waals surface area contributed by atoms with Crippen LogP contribution >= 0.6 is 0 Å². The number of aryl methyl sites for hydroxylation is 2. The maximum Gasteiger partial charge on any atom is 0.300 e. The molecular weight excluding hydrogens is 380 g/mol. The number of rotatable bonds is 3. The van der Waals surface area contributed by atoms with Crippen molar-refractivity contribution in [2.45, 2.75) is 19.9 Å². The lowest BCUT2D eigenvalue weighted by Crippen LogP contribution is -2.30. The number of aromatic nitrogens is 1. The van der Waals surface area contributed by atoms with Crippen LogP contribution in [-0.2, 0) is 9.59 Å². The molecule has 0 spiro atoms. The molecule has 0 radical (unpaired) electrons. The average Bonchev–Trinajstić information content (AvgIpc) is 3.01. The number of nitrogens with zero attached hydrogens (tertiary/aromatic N) is 2. The van der Waals surface area contributed by atoms with E-state index in [2.05, 4.69) is 4.98 Å². The third-order valence-electron chi connectivity index (χ3n) is 5.23. The van der Waals surface area contributed by atoms with Gasteiger partial charge < -0.3 is 10.2 Å². The van der Waals surface area contributed by atoms with Gasteiger partial charge in [-0.2, -0.15) is 0 Å². The highest BCUT2D eigenvalue weighted by atomic mass is 16.3. The van der Waals surface area contributed by atoms with Crippen LogP contribution in [0.25, 0.3) is 5.76 Å². The lowest BCUT2D eigenvalue weighted by molar-refractivity contribution is -0.132. The van der Waals surface area contributed by atoms with Gasteiger partial charge in [-0.05, 0) is 60.9 Å². The Morgan fingerprint density at radius 3 is 2.30 bits per heavy atom. The zero-order valence-corrected chi connectivity index (χ0v) is 16.5. The van der Waals surface area contributed by atoms with Crippen molar-refractivity contribution in [3.05, 3.63) is 94.8 Å². The predicted octanol–water partition coefficient (Wildman–Crippen LogP) is 4.03. The zero-order chi connectivity index (χ0) is 21.4. The minimum Gasteiger partial charge on any atom is -0.508 e. The van der Waals surface area contributed by atoms with Gasteiger partial charge in [0.25, 0.3) is 11.7 Å². The Kier molecular flexibility index (Phi) is 4.83. The molecule has 2 N–H and O–H groups in total. The number of amides is 1. The molecule has 6 heteroatoms. The molecular formula is C24H20N2O4. The predicted molar refractivity (Wildman–Crippen MR) is 113 cm³/mol. The Morgan fingerprint density at radius 1 is 0.967 bits per heavy atom. The molecule has 1 fully saturated rings. The highest BCUT2D eigenvalue weighted by molar-refractivity contribution is 6.51. The fraction of sp³-hybridized carbons (Fsp3) is 0.125. The summed E-state index contributed by atoms with van der Waals surface area (Å²) in [5.41, 5.74) is 3.37. The molecule has 1 aromatic heterocycles. The van der Waals surface area contributed by atoms with Gasteiger partial charge in [0.15, 0.2) is 0 Å². The number of pyridine rings is 1. The molecule has 0 bridgehead atoms. The number of hydrogen-bond donors (Lipinski definition) is 2. The third-order valence-corrected chi connectivity index (χ3v) is 5.23. The van der Waals surface area contributed by atoms with E-state index in [-0.39, 0.29) is 17.1 Å². The Morgan fingerprint density at radius 2 is 1.63 bits per heavy atom. The summed E-state index contributed by atoms with van der Waals surface area (Å²) >= 11 is 0. The largest absolute Gasteiger partial charge is 0.508 e. The highest BCUT2D eigenvalue weighted by Gasteiger charge is 2.47. The number of phenols is 1. The topological polar surface area (TPSA) is 90.7 Å². The molecule has 150 valence electrons. The van der Waals surface area contributed by atoms with Gasteiger partial charge in [0.1, 0.15) is 11.5 Å². The molecule has 2 aromatic carbocycles. The number of aromatic hydroxyl groups is 1. The first kappa shape index (κ1) is 19.4. The smallest absolute Gasteiger partial charge is 0.300 e. The molecule has 1 aliphatic heterocycles. The van der Waals surface area contributed by atoms with Crippen molar-refractivity contribution < 1.29 is 19.8 Å². The van der Waals surface area contributed by atoms with Crippen molar-refractivity contribution in [3.8, 4) is 5.75 Å². The number of anilines is 1. The SMILES string of the molecule is Cc1ccc(C)c(N2C(=O)C(=O)/C(=C(/O)c3ccncc3)C2c2ccc(O)cc2)c1. The van der Waals surface area contributed by atoms with E-state index in [0.717, 1.165) is 11.1 Å². The molecule has 1 aliphatic rings. The lowest BCUT2D eigenvalue weighted by Gasteiger charge is -2.27. The minimum absolute atomic E-state index is 0.00204. The molecule has 6 nitrogen and oxygen atoms in total. The van der Waals surface area contributed by atoms with E-state index in [1.807, 2.05) is 32.0 Å². The molecule has 1 amide bonds. The minimum atomic E-state index is -0.834. The second-order valence-electron chi connectivity index (χ2n) is 7.29. The Balaban J connectivity index is 1.98. The maximum absolute atomic E-state index is 13.1. The molecule has 3 aromatic rings. The number of aliphatic hydroxyl groups is 1. The molecule has 0 aliphatic carbocycles. The van der Waals surface area contributed by atoms with Crippen molar-refractivity contribution in [3.63, 3.8) is 0 Å². The van der Waals surface area contributed by atoms with Crippen molar-refractivity contribution >= 4 is 23.1 Å². The Hall–Kier alpha value is -3.93. The molecule has 1 saturated heterocycles. The summed E-state index contributed by atoms with van der Waals surface area (Å²) in [7, 11) is 0. The summed E-state index contributed by atoms with van der Waals surface area (Å²) in [6.07, 6.45) is 3.01. The van der Waals surface area contributed by atoms with Crippen molar-refractivity contribution in [2.75, 3.05) is 4.90 Å². The molecule has 30 heavy (non-hydrogen) atoms. The van der Waals surface area contributed by atoms with Crippen LogP contribution in [-0.4, -0.2) is 26.9 Å². The normalized spacial score (nSPS) is 18.1. The zero-order valence-electron chi connectivity index (χ0n) is 16.5. The first-order chi connectivity index (χ1) is 14.4. The summed E-state index contributed by atoms with van der Waals surface area (Å²) in [6.45, 7) is 3.77. The van der Waals surface area contributed by atoms with Crippen LogP contribution in [0.4, 0.5) is 5.69 Å². The van der Waals surface area contributed by atoms with E-state index < -0.39 is 17.7 Å². The molecule has 0 saturated carbocycles. The van der Waals surface area contributed by atoms with Crippen LogP contribution in [0.5, 0.6) is 5.75 Å². The quantitative estimate of drug-likeness (QED) is 0.394. The maximum atomic E-state index is 13.1. The van der Waals surface area contributed by atoms with E-state index >= 15 is 0 Å². The van der Waals surface area contributed by atoms with E-state index in [1.165, 1.54) is 29.4 Å². The summed E-state index contributed by atoms with van der Waals surface area (Å²) in [6, 6.07) is 14.3. The van der Waals surface area contributed by atoms with E-state index in [0.29, 0.717) is 16.8 Å². The van der Waals surface area contributed by atoms with Gasteiger partial charge in [-0.3, -0.25) is 19.5 Å². The van der Waals surface area contributed by atoms with E-state index in [1.54, 1.807) is 24.3 Å². The van der Waals surface area contributed by atoms with Gasteiger partial charge in [-0.25, -0.2) is 0 Å². The van der Waals surface area contributed by atoms with Gasteiger partial charge in [-0.1, -0.05) is 24.3 Å². The lowest BCUT2D eigenvalue weighted by atomic mass is 9.95. The van der Waals surface area contributed by atoms with E-state index in [4.69, 9.17) is 0 Å². The van der Waals surface area contributed by atoms with Crippen LogP contribution in [0.2, 0.25) is 0 Å². The van der Waals surface area contributed by atoms with Gasteiger partial charge in [0.2, 0.25) is 0 Å². The summed E-state index contributed by atoms with van der Waals surface area (Å²) in [5, 5.41) is 20.7. The van der Waals surface area contributed by atoms with Crippen molar-refractivity contribution in [2.24, 2.45) is 0 Å². The molecule has 1 atom stereocenters. The summed E-state index contributed by atoms with van der Waals surface area (Å²) < 4.78 is 0. The standard InChI is InChI=1S/C24H20N2O4/c1-14-3-4-15(2)19(13-14)26-21(16-5-7-18(27)8-6-16)20(23(29)24(26)30)22(28)17-9-11-25-12-10-17/h3-13,21,27-28H,1-2H3/b22-20+. The highest BCUT2D eigenvalue weighted by Crippen LogP contribution is 2.43. The fourth-order valence-electron chi connectivity index (χ4n) is 3.70. The first-order valence-corrected chi connectivity index (χ1v) is 9.46. The van der Waals surface area contributed by atoms with Crippen LogP contribution < -0.4 is 4.90 Å².